The van der Waals surface area contributed by atoms with Crippen LogP contribution in [0.25, 0.3) is 10.9 Å². The Bertz CT molecular complexity index is 1090. The fraction of sp³-hybridized carbons (Fsp3) is 0.273. The first-order valence-corrected chi connectivity index (χ1v) is 9.57. The van der Waals surface area contributed by atoms with Crippen LogP contribution >= 0.6 is 0 Å². The van der Waals surface area contributed by atoms with Crippen molar-refractivity contribution in [2.75, 3.05) is 18.0 Å². The van der Waals surface area contributed by atoms with E-state index in [1.54, 1.807) is 29.2 Å². The Morgan fingerprint density at radius 2 is 1.93 bits per heavy atom. The second kappa shape index (κ2) is 9.14. The third kappa shape index (κ3) is 4.87. The highest BCUT2D eigenvalue weighted by Crippen LogP contribution is 2.16. The number of carbonyl (C=O) groups excluding carboxylic acids is 2. The highest BCUT2D eigenvalue weighted by Gasteiger charge is 2.14. The molecule has 0 unspecified atom stereocenters. The zero-order valence-corrected chi connectivity index (χ0v) is 16.6. The fourth-order valence-corrected chi connectivity index (χ4v) is 3.17. The molecule has 0 saturated heterocycles. The van der Waals surface area contributed by atoms with Crippen molar-refractivity contribution in [3.63, 3.8) is 0 Å². The van der Waals surface area contributed by atoms with Gasteiger partial charge in [-0.3, -0.25) is 19.0 Å². The normalized spacial score (nSPS) is 10.7. The van der Waals surface area contributed by atoms with Crippen LogP contribution in [0.15, 0.2) is 59.7 Å². The first kappa shape index (κ1) is 20.3. The third-order valence-corrected chi connectivity index (χ3v) is 4.64. The largest absolute Gasteiger partial charge is 0.354 e. The Morgan fingerprint density at radius 3 is 2.69 bits per heavy atom. The van der Waals surface area contributed by atoms with Gasteiger partial charge in [0.1, 0.15) is 6.54 Å². The van der Waals surface area contributed by atoms with Gasteiger partial charge >= 0.3 is 0 Å². The van der Waals surface area contributed by atoms with E-state index >= 15 is 0 Å². The number of rotatable bonds is 7. The SMILES string of the molecule is CCN(C(=O)CCNC(=O)Cn1cnc2ccccc2c1=O)c1cccc(C)c1. The summed E-state index contributed by atoms with van der Waals surface area (Å²) < 4.78 is 1.27. The van der Waals surface area contributed by atoms with Crippen LogP contribution in [0.1, 0.15) is 18.9 Å². The summed E-state index contributed by atoms with van der Waals surface area (Å²) in [6, 6.07) is 14.7. The van der Waals surface area contributed by atoms with E-state index in [0.717, 1.165) is 11.3 Å². The number of nitrogens with zero attached hydrogens (tertiary/aromatic N) is 3. The molecule has 1 aromatic heterocycles. The van der Waals surface area contributed by atoms with Crippen molar-refractivity contribution < 1.29 is 9.59 Å². The van der Waals surface area contributed by atoms with Gasteiger partial charge in [0.25, 0.3) is 5.56 Å². The van der Waals surface area contributed by atoms with Gasteiger partial charge in [0.05, 0.1) is 17.2 Å². The van der Waals surface area contributed by atoms with Crippen LogP contribution in [0.5, 0.6) is 0 Å². The summed E-state index contributed by atoms with van der Waals surface area (Å²) in [6.07, 6.45) is 1.55. The van der Waals surface area contributed by atoms with Gasteiger partial charge in [-0.2, -0.15) is 0 Å². The number of aryl methyl sites for hydroxylation is 1. The molecule has 2 amide bonds. The lowest BCUT2D eigenvalue weighted by atomic mass is 10.2. The van der Waals surface area contributed by atoms with E-state index in [1.807, 2.05) is 38.1 Å². The Balaban J connectivity index is 1.56. The molecule has 1 heterocycles. The monoisotopic (exact) mass is 392 g/mol. The summed E-state index contributed by atoms with van der Waals surface area (Å²) in [5, 5.41) is 3.17. The number of nitrogens with one attached hydrogen (secondary N) is 1. The molecule has 0 spiro atoms. The minimum absolute atomic E-state index is 0.0667. The van der Waals surface area contributed by atoms with E-state index in [-0.39, 0.29) is 36.9 Å². The molecule has 0 fully saturated rings. The van der Waals surface area contributed by atoms with E-state index in [9.17, 15) is 14.4 Å². The molecular formula is C22H24N4O3. The van der Waals surface area contributed by atoms with Gasteiger partial charge in [0, 0.05) is 25.2 Å². The summed E-state index contributed by atoms with van der Waals surface area (Å²) in [4.78, 5) is 43.1. The van der Waals surface area contributed by atoms with Crippen LogP contribution in [0.2, 0.25) is 0 Å². The van der Waals surface area contributed by atoms with E-state index in [0.29, 0.717) is 17.4 Å². The first-order chi connectivity index (χ1) is 14.0. The van der Waals surface area contributed by atoms with Crippen LogP contribution in [0, 0.1) is 6.92 Å². The topological polar surface area (TPSA) is 84.3 Å². The van der Waals surface area contributed by atoms with Crippen LogP contribution < -0.4 is 15.8 Å². The van der Waals surface area contributed by atoms with Gasteiger partial charge in [0.15, 0.2) is 0 Å². The van der Waals surface area contributed by atoms with Gasteiger partial charge in [0.2, 0.25) is 11.8 Å². The molecule has 0 saturated carbocycles. The van der Waals surface area contributed by atoms with Crippen LogP contribution in [0.3, 0.4) is 0 Å². The number of benzene rings is 2. The van der Waals surface area contributed by atoms with Gasteiger partial charge < -0.3 is 10.2 Å². The predicted molar refractivity (Wildman–Crippen MR) is 113 cm³/mol. The lowest BCUT2D eigenvalue weighted by molar-refractivity contribution is -0.122. The summed E-state index contributed by atoms with van der Waals surface area (Å²) in [6.45, 7) is 4.51. The minimum Gasteiger partial charge on any atom is -0.354 e. The molecule has 0 aliphatic rings. The van der Waals surface area contributed by atoms with Gasteiger partial charge in [-0.05, 0) is 43.7 Å². The molecule has 0 aliphatic carbocycles. The van der Waals surface area contributed by atoms with Crippen molar-refractivity contribution in [3.8, 4) is 0 Å². The number of para-hydroxylation sites is 1. The van der Waals surface area contributed by atoms with Crippen LogP contribution in [-0.2, 0) is 16.1 Å². The minimum atomic E-state index is -0.337. The molecular weight excluding hydrogens is 368 g/mol. The zero-order valence-electron chi connectivity index (χ0n) is 16.6. The van der Waals surface area contributed by atoms with Gasteiger partial charge in [-0.15, -0.1) is 0 Å². The summed E-state index contributed by atoms with van der Waals surface area (Å²) in [7, 11) is 0. The fourth-order valence-electron chi connectivity index (χ4n) is 3.17. The maximum atomic E-state index is 12.5. The first-order valence-electron chi connectivity index (χ1n) is 9.57. The number of fused-ring (bicyclic) bond motifs is 1. The number of hydrogen-bond donors (Lipinski definition) is 1. The van der Waals surface area contributed by atoms with Crippen molar-refractivity contribution >= 4 is 28.4 Å². The van der Waals surface area contributed by atoms with Gasteiger partial charge in [-0.25, -0.2) is 4.98 Å². The summed E-state index contributed by atoms with van der Waals surface area (Å²) in [5.74, 6) is -0.404. The molecule has 29 heavy (non-hydrogen) atoms. The lowest BCUT2D eigenvalue weighted by Gasteiger charge is -2.21. The molecule has 7 heteroatoms. The maximum absolute atomic E-state index is 12.5. The molecule has 1 N–H and O–H groups in total. The third-order valence-electron chi connectivity index (χ3n) is 4.64. The predicted octanol–water partition coefficient (Wildman–Crippen LogP) is 2.26. The second-order valence-corrected chi connectivity index (χ2v) is 6.77. The highest BCUT2D eigenvalue weighted by atomic mass is 16.2. The lowest BCUT2D eigenvalue weighted by Crippen LogP contribution is -2.36. The summed E-state index contributed by atoms with van der Waals surface area (Å²) in [5.41, 5.74) is 2.25. The average molecular weight is 392 g/mol. The Hall–Kier alpha value is -3.48. The zero-order chi connectivity index (χ0) is 20.8. The van der Waals surface area contributed by atoms with Crippen molar-refractivity contribution in [1.82, 2.24) is 14.9 Å². The van der Waals surface area contributed by atoms with Crippen LogP contribution in [-0.4, -0.2) is 34.5 Å². The number of aromatic nitrogens is 2. The van der Waals surface area contributed by atoms with E-state index in [2.05, 4.69) is 10.3 Å². The smallest absolute Gasteiger partial charge is 0.261 e. The summed E-state index contributed by atoms with van der Waals surface area (Å²) >= 11 is 0. The highest BCUT2D eigenvalue weighted by molar-refractivity contribution is 5.93. The van der Waals surface area contributed by atoms with E-state index in [4.69, 9.17) is 0 Å². The van der Waals surface area contributed by atoms with E-state index in [1.165, 1.54) is 10.9 Å². The van der Waals surface area contributed by atoms with Crippen molar-refractivity contribution in [1.29, 1.82) is 0 Å². The number of anilines is 1. The molecule has 7 nitrogen and oxygen atoms in total. The Labute approximate surface area is 169 Å². The molecule has 0 aliphatic heterocycles. The molecule has 150 valence electrons. The number of carbonyl (C=O) groups is 2. The number of hydrogen-bond acceptors (Lipinski definition) is 4. The maximum Gasteiger partial charge on any atom is 0.261 e. The van der Waals surface area contributed by atoms with Crippen LogP contribution in [0.4, 0.5) is 5.69 Å². The molecule has 0 atom stereocenters. The van der Waals surface area contributed by atoms with Crippen molar-refractivity contribution in [3.05, 3.63) is 70.8 Å². The number of amides is 2. The Kier molecular flexibility index (Phi) is 6.39. The molecule has 3 aromatic rings. The molecule has 3 rings (SSSR count). The standard InChI is InChI=1S/C22H24N4O3/c1-3-26(17-8-6-7-16(2)13-17)21(28)11-12-23-20(27)14-25-15-24-19-10-5-4-9-18(19)22(25)29/h4-10,13,15H,3,11-12,14H2,1-2H3,(H,23,27). The van der Waals surface area contributed by atoms with Gasteiger partial charge in [-0.1, -0.05) is 24.3 Å². The quantitative estimate of drug-likeness (QED) is 0.668. The average Bonchev–Trinajstić information content (AvgIpc) is 2.71. The molecule has 0 radical (unpaired) electrons. The second-order valence-electron chi connectivity index (χ2n) is 6.77. The molecule has 2 aromatic carbocycles. The van der Waals surface area contributed by atoms with E-state index < -0.39 is 0 Å². The van der Waals surface area contributed by atoms with Crippen molar-refractivity contribution in [2.45, 2.75) is 26.8 Å². The van der Waals surface area contributed by atoms with Crippen molar-refractivity contribution in [2.24, 2.45) is 0 Å². The molecule has 0 bridgehead atoms. The Morgan fingerprint density at radius 1 is 1.14 bits per heavy atom.